The van der Waals surface area contributed by atoms with E-state index in [1.165, 1.54) is 6.07 Å². The molecule has 0 unspecified atom stereocenters. The van der Waals surface area contributed by atoms with Gasteiger partial charge in [-0.25, -0.2) is 0 Å². The highest BCUT2D eigenvalue weighted by atomic mass is 79.9. The monoisotopic (exact) mass is 427 g/mol. The second-order valence-corrected chi connectivity index (χ2v) is 5.98. The number of benzene rings is 1. The Bertz CT molecular complexity index is 419. The van der Waals surface area contributed by atoms with Gasteiger partial charge < -0.3 is 10.4 Å². The predicted octanol–water partition coefficient (Wildman–Crippen LogP) is 3.43. The maximum Gasteiger partial charge on any atom is 0.255 e. The quantitative estimate of drug-likeness (QED) is 0.720. The number of amides is 1. The first-order valence-electron chi connectivity index (χ1n) is 4.85. The molecule has 0 bridgehead atoms. The number of alkyl halides is 2. The molecule has 0 aliphatic heterocycles. The number of phenolic OH excluding ortho intramolecular Hbond substituents is 1. The smallest absolute Gasteiger partial charge is 0.255 e. The van der Waals surface area contributed by atoms with Gasteiger partial charge in [-0.1, -0.05) is 47.8 Å². The predicted molar refractivity (Wildman–Crippen MR) is 79.3 cm³/mol. The number of halogens is 3. The minimum Gasteiger partial charge on any atom is -0.507 e. The van der Waals surface area contributed by atoms with E-state index in [9.17, 15) is 9.90 Å². The Morgan fingerprint density at radius 2 is 2.00 bits per heavy atom. The van der Waals surface area contributed by atoms with E-state index in [2.05, 4.69) is 53.1 Å². The Morgan fingerprint density at radius 3 is 2.47 bits per heavy atom. The van der Waals surface area contributed by atoms with Gasteiger partial charge in [-0.3, -0.25) is 4.79 Å². The Hall–Kier alpha value is -0.0700. The normalized spacial score (nSPS) is 11.3. The second kappa shape index (κ2) is 6.20. The summed E-state index contributed by atoms with van der Waals surface area (Å²) >= 11 is 9.92. The lowest BCUT2D eigenvalue weighted by molar-refractivity contribution is 0.0920. The summed E-state index contributed by atoms with van der Waals surface area (Å²) in [5, 5.41) is 13.8. The average Bonchev–Trinajstić information content (AvgIpc) is 2.28. The van der Waals surface area contributed by atoms with E-state index in [4.69, 9.17) is 0 Å². The van der Waals surface area contributed by atoms with Crippen molar-refractivity contribution < 1.29 is 9.90 Å². The highest BCUT2D eigenvalue weighted by Gasteiger charge is 2.25. The highest BCUT2D eigenvalue weighted by Crippen LogP contribution is 2.23. The molecule has 0 radical (unpaired) electrons. The standard InChI is InChI=1S/C11H12Br3NO2/c1-11(5-12,6-13)15-10(17)8-3-2-7(14)4-9(8)16/h2-4,16H,5-6H2,1H3,(H,15,17). The van der Waals surface area contributed by atoms with Gasteiger partial charge in [-0.15, -0.1) is 0 Å². The summed E-state index contributed by atoms with van der Waals surface area (Å²) in [6.07, 6.45) is 0. The number of aromatic hydroxyl groups is 1. The molecule has 0 saturated heterocycles. The van der Waals surface area contributed by atoms with Gasteiger partial charge in [-0.2, -0.15) is 0 Å². The molecule has 1 aromatic rings. The number of hydrogen-bond acceptors (Lipinski definition) is 2. The van der Waals surface area contributed by atoms with Crippen molar-refractivity contribution in [3.05, 3.63) is 28.2 Å². The molecule has 0 heterocycles. The van der Waals surface area contributed by atoms with Gasteiger partial charge in [0.05, 0.1) is 11.1 Å². The van der Waals surface area contributed by atoms with E-state index in [1.807, 2.05) is 6.92 Å². The first-order valence-corrected chi connectivity index (χ1v) is 7.88. The molecule has 6 heteroatoms. The third-order valence-corrected chi connectivity index (χ3v) is 5.18. The number of hydrogen-bond donors (Lipinski definition) is 2. The Balaban J connectivity index is 2.90. The number of carbonyl (C=O) groups is 1. The van der Waals surface area contributed by atoms with Gasteiger partial charge in [0.2, 0.25) is 0 Å². The summed E-state index contributed by atoms with van der Waals surface area (Å²) in [5.74, 6) is -0.334. The lowest BCUT2D eigenvalue weighted by atomic mass is 10.1. The molecular weight excluding hydrogens is 418 g/mol. The Kier molecular flexibility index (Phi) is 5.47. The minimum atomic E-state index is -0.392. The van der Waals surface area contributed by atoms with E-state index in [0.29, 0.717) is 10.7 Å². The van der Waals surface area contributed by atoms with Crippen LogP contribution in [0.4, 0.5) is 0 Å². The van der Waals surface area contributed by atoms with Crippen molar-refractivity contribution in [1.29, 1.82) is 0 Å². The Morgan fingerprint density at radius 1 is 1.41 bits per heavy atom. The van der Waals surface area contributed by atoms with Crippen molar-refractivity contribution in [2.24, 2.45) is 0 Å². The Labute approximate surface area is 125 Å². The zero-order valence-corrected chi connectivity index (χ0v) is 13.9. The van der Waals surface area contributed by atoms with Gasteiger partial charge >= 0.3 is 0 Å². The first kappa shape index (κ1) is 15.0. The molecule has 17 heavy (non-hydrogen) atoms. The van der Waals surface area contributed by atoms with Crippen LogP contribution in [0.1, 0.15) is 17.3 Å². The van der Waals surface area contributed by atoms with Crippen molar-refractivity contribution in [3.63, 3.8) is 0 Å². The van der Waals surface area contributed by atoms with Crippen LogP contribution in [0.5, 0.6) is 5.75 Å². The molecule has 0 aromatic heterocycles. The van der Waals surface area contributed by atoms with Crippen LogP contribution in [0.15, 0.2) is 22.7 Å². The molecule has 0 atom stereocenters. The summed E-state index contributed by atoms with van der Waals surface area (Å²) < 4.78 is 0.732. The van der Waals surface area contributed by atoms with Crippen molar-refractivity contribution in [3.8, 4) is 5.75 Å². The zero-order chi connectivity index (χ0) is 13.1. The van der Waals surface area contributed by atoms with Crippen LogP contribution >= 0.6 is 47.8 Å². The fourth-order valence-electron chi connectivity index (χ4n) is 1.14. The van der Waals surface area contributed by atoms with Gasteiger partial charge in [0.1, 0.15) is 5.75 Å². The van der Waals surface area contributed by atoms with Crippen LogP contribution in [-0.4, -0.2) is 27.2 Å². The minimum absolute atomic E-state index is 0.0385. The summed E-state index contributed by atoms with van der Waals surface area (Å²) in [6.45, 7) is 1.91. The van der Waals surface area contributed by atoms with Crippen LogP contribution in [0.2, 0.25) is 0 Å². The van der Waals surface area contributed by atoms with Crippen LogP contribution in [0, 0.1) is 0 Å². The fraction of sp³-hybridized carbons (Fsp3) is 0.364. The third kappa shape index (κ3) is 3.96. The van der Waals surface area contributed by atoms with E-state index in [-0.39, 0.29) is 17.2 Å². The molecule has 94 valence electrons. The van der Waals surface area contributed by atoms with Gasteiger partial charge in [-0.05, 0) is 25.1 Å². The van der Waals surface area contributed by atoms with E-state index < -0.39 is 5.54 Å². The topological polar surface area (TPSA) is 49.3 Å². The molecule has 3 nitrogen and oxygen atoms in total. The summed E-state index contributed by atoms with van der Waals surface area (Å²) in [6, 6.07) is 4.79. The summed E-state index contributed by atoms with van der Waals surface area (Å²) in [4.78, 5) is 12.0. The summed E-state index contributed by atoms with van der Waals surface area (Å²) in [5.41, 5.74) is -0.127. The molecule has 0 saturated carbocycles. The molecular formula is C11H12Br3NO2. The van der Waals surface area contributed by atoms with Gasteiger partial charge in [0.25, 0.3) is 5.91 Å². The maximum atomic E-state index is 12.0. The van der Waals surface area contributed by atoms with Crippen molar-refractivity contribution in [1.82, 2.24) is 5.32 Å². The number of nitrogens with one attached hydrogen (secondary N) is 1. The highest BCUT2D eigenvalue weighted by molar-refractivity contribution is 9.10. The second-order valence-electron chi connectivity index (χ2n) is 3.94. The molecule has 0 aliphatic rings. The van der Waals surface area contributed by atoms with Crippen molar-refractivity contribution in [2.45, 2.75) is 12.5 Å². The van der Waals surface area contributed by atoms with Crippen LogP contribution in [0.25, 0.3) is 0 Å². The van der Waals surface area contributed by atoms with Gasteiger partial charge in [0, 0.05) is 15.1 Å². The maximum absolute atomic E-state index is 12.0. The first-order chi connectivity index (χ1) is 7.91. The fourth-order valence-corrected chi connectivity index (χ4v) is 2.70. The lowest BCUT2D eigenvalue weighted by Gasteiger charge is -2.26. The molecule has 0 fully saturated rings. The number of rotatable bonds is 4. The molecule has 1 amide bonds. The van der Waals surface area contributed by atoms with E-state index >= 15 is 0 Å². The van der Waals surface area contributed by atoms with Crippen LogP contribution in [0.3, 0.4) is 0 Å². The molecule has 1 aromatic carbocycles. The van der Waals surface area contributed by atoms with E-state index in [0.717, 1.165) is 4.47 Å². The lowest BCUT2D eigenvalue weighted by Crippen LogP contribution is -2.48. The van der Waals surface area contributed by atoms with Crippen molar-refractivity contribution in [2.75, 3.05) is 10.7 Å². The molecule has 0 spiro atoms. The third-order valence-electron chi connectivity index (χ3n) is 2.21. The SMILES string of the molecule is CC(CBr)(CBr)NC(=O)c1ccc(Br)cc1O. The number of phenols is 1. The molecule has 1 rings (SSSR count). The largest absolute Gasteiger partial charge is 0.507 e. The van der Waals surface area contributed by atoms with E-state index in [1.54, 1.807) is 12.1 Å². The molecule has 0 aliphatic carbocycles. The zero-order valence-electron chi connectivity index (χ0n) is 9.14. The van der Waals surface area contributed by atoms with Crippen LogP contribution < -0.4 is 5.32 Å². The van der Waals surface area contributed by atoms with Crippen LogP contribution in [-0.2, 0) is 0 Å². The average molecular weight is 430 g/mol. The van der Waals surface area contributed by atoms with Gasteiger partial charge in [0.15, 0.2) is 0 Å². The number of carbonyl (C=O) groups excluding carboxylic acids is 1. The van der Waals surface area contributed by atoms with Crippen molar-refractivity contribution >= 4 is 53.7 Å². The molecule has 2 N–H and O–H groups in total. The summed E-state index contributed by atoms with van der Waals surface area (Å²) in [7, 11) is 0.